The molecule has 2 N–H and O–H groups in total. The van der Waals surface area contributed by atoms with Gasteiger partial charge in [-0.1, -0.05) is 26.2 Å². The van der Waals surface area contributed by atoms with Crippen LogP contribution in [0.5, 0.6) is 0 Å². The summed E-state index contributed by atoms with van der Waals surface area (Å²) in [5.74, 6) is 0. The zero-order chi connectivity index (χ0) is 17.6. The van der Waals surface area contributed by atoms with Crippen molar-refractivity contribution in [3.63, 3.8) is 0 Å². The largest absolute Gasteiger partial charge is 0.338 e. The average molecular weight is 353 g/mol. The highest BCUT2D eigenvalue weighted by atomic mass is 32.2. The van der Waals surface area contributed by atoms with Crippen LogP contribution in [0.1, 0.15) is 45.4 Å². The van der Waals surface area contributed by atoms with Crippen molar-refractivity contribution in [3.05, 3.63) is 24.3 Å². The van der Waals surface area contributed by atoms with Crippen molar-refractivity contribution < 1.29 is 13.2 Å². The van der Waals surface area contributed by atoms with Gasteiger partial charge in [-0.25, -0.2) is 13.2 Å². The zero-order valence-electron chi connectivity index (χ0n) is 14.4. The molecule has 2 rings (SSSR count). The van der Waals surface area contributed by atoms with Gasteiger partial charge >= 0.3 is 6.03 Å². The van der Waals surface area contributed by atoms with Gasteiger partial charge < -0.3 is 10.6 Å². The fourth-order valence-corrected chi connectivity index (χ4v) is 3.86. The average Bonchev–Trinajstić information content (AvgIpc) is 3.39. The summed E-state index contributed by atoms with van der Waals surface area (Å²) in [6.45, 7) is 2.79. The number of carbonyl (C=O) groups is 1. The summed E-state index contributed by atoms with van der Waals surface area (Å²) >= 11 is 0. The Morgan fingerprint density at radius 1 is 1.17 bits per heavy atom. The molecule has 0 atom stereocenters. The summed E-state index contributed by atoms with van der Waals surface area (Å²) in [4.78, 5) is 12.0. The van der Waals surface area contributed by atoms with Gasteiger partial charge in [-0.2, -0.15) is 4.31 Å². The Labute approximate surface area is 144 Å². The van der Waals surface area contributed by atoms with Crippen LogP contribution in [-0.4, -0.2) is 38.4 Å². The van der Waals surface area contributed by atoms with Crippen molar-refractivity contribution in [1.29, 1.82) is 0 Å². The third-order valence-corrected chi connectivity index (χ3v) is 6.09. The molecular weight excluding hydrogens is 326 g/mol. The number of unbranched alkanes of at least 4 members (excludes halogenated alkanes) is 3. The Morgan fingerprint density at radius 2 is 1.83 bits per heavy atom. The normalized spacial score (nSPS) is 14.6. The smallest absolute Gasteiger partial charge is 0.319 e. The van der Waals surface area contributed by atoms with Crippen LogP contribution in [0.2, 0.25) is 0 Å². The maximum atomic E-state index is 12.4. The van der Waals surface area contributed by atoms with E-state index >= 15 is 0 Å². The number of hydrogen-bond acceptors (Lipinski definition) is 3. The first-order valence-corrected chi connectivity index (χ1v) is 10.0. The lowest BCUT2D eigenvalue weighted by atomic mass is 10.2. The number of sulfonamides is 1. The first-order valence-electron chi connectivity index (χ1n) is 8.58. The molecule has 0 radical (unpaired) electrons. The van der Waals surface area contributed by atoms with Crippen molar-refractivity contribution in [2.75, 3.05) is 18.9 Å². The molecule has 1 aliphatic carbocycles. The molecule has 24 heavy (non-hydrogen) atoms. The van der Waals surface area contributed by atoms with Crippen LogP contribution in [0.25, 0.3) is 0 Å². The molecule has 1 aromatic rings. The Bertz CT molecular complexity index is 640. The Morgan fingerprint density at radius 3 is 2.42 bits per heavy atom. The number of nitrogens with zero attached hydrogens (tertiary/aromatic N) is 1. The van der Waals surface area contributed by atoms with E-state index in [4.69, 9.17) is 0 Å². The molecule has 1 aliphatic rings. The van der Waals surface area contributed by atoms with E-state index in [2.05, 4.69) is 17.6 Å². The predicted molar refractivity (Wildman–Crippen MR) is 95.6 cm³/mol. The number of urea groups is 1. The van der Waals surface area contributed by atoms with Gasteiger partial charge in [0.15, 0.2) is 0 Å². The fraction of sp³-hybridized carbons (Fsp3) is 0.588. The first-order chi connectivity index (χ1) is 11.4. The maximum absolute atomic E-state index is 12.4. The highest BCUT2D eigenvalue weighted by molar-refractivity contribution is 7.89. The third-order valence-electron chi connectivity index (χ3n) is 4.17. The number of hydrogen-bond donors (Lipinski definition) is 2. The topological polar surface area (TPSA) is 78.5 Å². The number of carbonyl (C=O) groups excluding carboxylic acids is 1. The third kappa shape index (κ3) is 5.21. The lowest BCUT2D eigenvalue weighted by molar-refractivity contribution is 0.252. The summed E-state index contributed by atoms with van der Waals surface area (Å²) in [5.41, 5.74) is 0.578. The number of amides is 2. The molecule has 1 saturated carbocycles. The molecule has 2 amide bonds. The molecule has 0 heterocycles. The second kappa shape index (κ2) is 8.48. The minimum atomic E-state index is -3.44. The second-order valence-electron chi connectivity index (χ2n) is 6.22. The number of nitrogens with one attached hydrogen (secondary N) is 2. The van der Waals surface area contributed by atoms with E-state index in [1.54, 1.807) is 19.2 Å². The second-order valence-corrected chi connectivity index (χ2v) is 8.22. The van der Waals surface area contributed by atoms with E-state index in [-0.39, 0.29) is 17.0 Å². The molecular formula is C17H27N3O3S. The van der Waals surface area contributed by atoms with E-state index in [9.17, 15) is 13.2 Å². The minimum Gasteiger partial charge on any atom is -0.338 e. The standard InChI is InChI=1S/C17H27N3O3S/c1-3-4-5-6-13-18-17(21)19-14-7-11-16(12-8-14)24(22,23)20(2)15-9-10-15/h7-8,11-12,15H,3-6,9-10,13H2,1-2H3,(H2,18,19,21). The van der Waals surface area contributed by atoms with Gasteiger partial charge in [0.25, 0.3) is 0 Å². The molecule has 6 nitrogen and oxygen atoms in total. The quantitative estimate of drug-likeness (QED) is 0.669. The van der Waals surface area contributed by atoms with E-state index < -0.39 is 10.0 Å². The van der Waals surface area contributed by atoms with Gasteiger partial charge in [0, 0.05) is 25.3 Å². The number of anilines is 1. The zero-order valence-corrected chi connectivity index (χ0v) is 15.2. The summed E-state index contributed by atoms with van der Waals surface area (Å²) in [6.07, 6.45) is 6.26. The monoisotopic (exact) mass is 353 g/mol. The van der Waals surface area contributed by atoms with Crippen LogP contribution in [-0.2, 0) is 10.0 Å². The number of benzene rings is 1. The van der Waals surface area contributed by atoms with Crippen molar-refractivity contribution in [2.24, 2.45) is 0 Å². The van der Waals surface area contributed by atoms with Gasteiger partial charge in [0.05, 0.1) is 4.90 Å². The SMILES string of the molecule is CCCCCCNC(=O)Nc1ccc(S(=O)(=O)N(C)C2CC2)cc1. The van der Waals surface area contributed by atoms with Crippen molar-refractivity contribution >= 4 is 21.7 Å². The molecule has 0 aliphatic heterocycles. The fourth-order valence-electron chi connectivity index (χ4n) is 2.44. The van der Waals surface area contributed by atoms with Crippen LogP contribution in [0.3, 0.4) is 0 Å². The molecule has 1 fully saturated rings. The highest BCUT2D eigenvalue weighted by Crippen LogP contribution is 2.30. The Hall–Kier alpha value is -1.60. The summed E-state index contributed by atoms with van der Waals surface area (Å²) < 4.78 is 26.2. The number of rotatable bonds is 9. The molecule has 0 unspecified atom stereocenters. The van der Waals surface area contributed by atoms with Gasteiger partial charge in [0.2, 0.25) is 10.0 Å². The van der Waals surface area contributed by atoms with Crippen LogP contribution in [0, 0.1) is 0 Å². The predicted octanol–water partition coefficient (Wildman–Crippen LogP) is 3.17. The van der Waals surface area contributed by atoms with Gasteiger partial charge in [-0.15, -0.1) is 0 Å². The lowest BCUT2D eigenvalue weighted by Crippen LogP contribution is -2.30. The molecule has 134 valence electrons. The van der Waals surface area contributed by atoms with Crippen molar-refractivity contribution in [3.8, 4) is 0 Å². The Balaban J connectivity index is 1.84. The molecule has 0 aromatic heterocycles. The van der Waals surface area contributed by atoms with E-state index in [1.165, 1.54) is 22.9 Å². The minimum absolute atomic E-state index is 0.131. The van der Waals surface area contributed by atoms with Gasteiger partial charge in [0.1, 0.15) is 0 Å². The van der Waals surface area contributed by atoms with Crippen LogP contribution < -0.4 is 10.6 Å². The molecule has 7 heteroatoms. The van der Waals surface area contributed by atoms with Gasteiger partial charge in [-0.3, -0.25) is 0 Å². The van der Waals surface area contributed by atoms with Crippen LogP contribution in [0.15, 0.2) is 29.2 Å². The van der Waals surface area contributed by atoms with Crippen LogP contribution in [0.4, 0.5) is 10.5 Å². The van der Waals surface area contributed by atoms with Gasteiger partial charge in [-0.05, 0) is 43.5 Å². The summed E-state index contributed by atoms with van der Waals surface area (Å²) in [5, 5.41) is 5.52. The summed E-state index contributed by atoms with van der Waals surface area (Å²) in [7, 11) is -1.82. The highest BCUT2D eigenvalue weighted by Gasteiger charge is 2.34. The molecule has 1 aromatic carbocycles. The first kappa shape index (κ1) is 18.7. The molecule has 0 saturated heterocycles. The maximum Gasteiger partial charge on any atom is 0.319 e. The van der Waals surface area contributed by atoms with Crippen molar-refractivity contribution in [1.82, 2.24) is 9.62 Å². The summed E-state index contributed by atoms with van der Waals surface area (Å²) in [6, 6.07) is 6.16. The lowest BCUT2D eigenvalue weighted by Gasteiger charge is -2.16. The molecule has 0 spiro atoms. The van der Waals surface area contributed by atoms with E-state index in [1.807, 2.05) is 0 Å². The van der Waals surface area contributed by atoms with Crippen molar-refractivity contribution in [2.45, 2.75) is 56.4 Å². The van der Waals surface area contributed by atoms with E-state index in [0.29, 0.717) is 12.2 Å². The van der Waals surface area contributed by atoms with Crippen LogP contribution >= 0.6 is 0 Å². The molecule has 0 bridgehead atoms. The van der Waals surface area contributed by atoms with E-state index in [0.717, 1.165) is 32.1 Å². The Kier molecular flexibility index (Phi) is 6.62.